The molecular formula is C10H11NO5. The molecule has 0 radical (unpaired) electrons. The molecular weight excluding hydrogens is 214 g/mol. The number of carbonyl (C=O) groups is 2. The highest BCUT2D eigenvalue weighted by Crippen LogP contribution is 2.14. The Kier molecular flexibility index (Phi) is 3.57. The van der Waals surface area contributed by atoms with E-state index in [1.54, 1.807) is 6.92 Å². The van der Waals surface area contributed by atoms with Crippen molar-refractivity contribution in [3.63, 3.8) is 0 Å². The number of aromatic carboxylic acids is 2. The van der Waals surface area contributed by atoms with Gasteiger partial charge in [-0.25, -0.2) is 14.6 Å². The van der Waals surface area contributed by atoms with E-state index in [4.69, 9.17) is 14.9 Å². The maximum Gasteiger partial charge on any atom is 0.355 e. The molecule has 0 aromatic carbocycles. The fourth-order valence-corrected chi connectivity index (χ4v) is 1.27. The molecule has 1 aromatic rings. The van der Waals surface area contributed by atoms with Crippen LogP contribution in [0.3, 0.4) is 0 Å². The zero-order chi connectivity index (χ0) is 12.3. The van der Waals surface area contributed by atoms with Gasteiger partial charge in [0.1, 0.15) is 0 Å². The molecule has 0 spiro atoms. The maximum atomic E-state index is 10.8. The molecule has 6 nitrogen and oxygen atoms in total. The number of methoxy groups -OCH3 is 1. The second-order valence-electron chi connectivity index (χ2n) is 3.17. The van der Waals surface area contributed by atoms with Crippen molar-refractivity contribution in [2.75, 3.05) is 7.11 Å². The first-order chi connectivity index (χ1) is 7.47. The fourth-order valence-electron chi connectivity index (χ4n) is 1.27. The molecule has 1 heterocycles. The highest BCUT2D eigenvalue weighted by atomic mass is 16.5. The van der Waals surface area contributed by atoms with Crippen LogP contribution < -0.4 is 0 Å². The molecule has 0 saturated carbocycles. The average Bonchev–Trinajstić information content (AvgIpc) is 2.20. The predicted molar refractivity (Wildman–Crippen MR) is 53.6 cm³/mol. The molecule has 0 aliphatic heterocycles. The second-order valence-corrected chi connectivity index (χ2v) is 3.17. The number of hydrogen-bond donors (Lipinski definition) is 2. The molecule has 16 heavy (non-hydrogen) atoms. The Balaban J connectivity index is 3.37. The van der Waals surface area contributed by atoms with Gasteiger partial charge in [-0.1, -0.05) is 0 Å². The number of pyridine rings is 1. The molecule has 0 unspecified atom stereocenters. The van der Waals surface area contributed by atoms with Gasteiger partial charge in [0, 0.05) is 12.8 Å². The molecule has 0 saturated heterocycles. The van der Waals surface area contributed by atoms with Crippen molar-refractivity contribution in [3.05, 3.63) is 28.6 Å². The van der Waals surface area contributed by atoms with Crippen LogP contribution in [0.2, 0.25) is 0 Å². The van der Waals surface area contributed by atoms with E-state index >= 15 is 0 Å². The first-order valence-electron chi connectivity index (χ1n) is 4.43. The molecule has 0 aliphatic carbocycles. The highest BCUT2D eigenvalue weighted by molar-refractivity contribution is 6.00. The summed E-state index contributed by atoms with van der Waals surface area (Å²) < 4.78 is 4.86. The highest BCUT2D eigenvalue weighted by Gasteiger charge is 2.19. The summed E-state index contributed by atoms with van der Waals surface area (Å²) in [6, 6.07) is 1.28. The standard InChI is InChI=1S/C10H11NO5/c1-5-6(4-16-2)3-7(9(12)13)8(11-5)10(14)15/h3H,4H2,1-2H3,(H,12,13)(H,14,15). The van der Waals surface area contributed by atoms with Gasteiger partial charge >= 0.3 is 11.9 Å². The van der Waals surface area contributed by atoms with Crippen molar-refractivity contribution in [1.82, 2.24) is 4.98 Å². The van der Waals surface area contributed by atoms with Gasteiger partial charge in [-0.3, -0.25) is 0 Å². The van der Waals surface area contributed by atoms with Crippen molar-refractivity contribution in [2.24, 2.45) is 0 Å². The molecule has 0 fully saturated rings. The first kappa shape index (κ1) is 12.1. The Morgan fingerprint density at radius 3 is 2.44 bits per heavy atom. The summed E-state index contributed by atoms with van der Waals surface area (Å²) in [4.78, 5) is 25.4. The van der Waals surface area contributed by atoms with Crippen LogP contribution >= 0.6 is 0 Å². The number of carboxylic acids is 2. The molecule has 6 heteroatoms. The summed E-state index contributed by atoms with van der Waals surface area (Å²) in [6.45, 7) is 1.80. The van der Waals surface area contributed by atoms with Gasteiger partial charge in [0.15, 0.2) is 5.69 Å². The van der Waals surface area contributed by atoms with Crippen molar-refractivity contribution in [2.45, 2.75) is 13.5 Å². The minimum Gasteiger partial charge on any atom is -0.478 e. The van der Waals surface area contributed by atoms with Crippen molar-refractivity contribution >= 4 is 11.9 Å². The maximum absolute atomic E-state index is 10.8. The Morgan fingerprint density at radius 2 is 2.00 bits per heavy atom. The third kappa shape index (κ3) is 2.34. The van der Waals surface area contributed by atoms with Crippen molar-refractivity contribution in [1.29, 1.82) is 0 Å². The normalized spacial score (nSPS) is 10.1. The Bertz CT molecular complexity index is 441. The van der Waals surface area contributed by atoms with Gasteiger partial charge in [0.25, 0.3) is 0 Å². The van der Waals surface area contributed by atoms with E-state index < -0.39 is 17.6 Å². The van der Waals surface area contributed by atoms with Crippen LogP contribution in [0.5, 0.6) is 0 Å². The van der Waals surface area contributed by atoms with E-state index in [0.29, 0.717) is 11.3 Å². The number of carboxylic acid groups (broad SMARTS) is 2. The van der Waals surface area contributed by atoms with Gasteiger partial charge in [-0.2, -0.15) is 0 Å². The first-order valence-corrected chi connectivity index (χ1v) is 4.43. The third-order valence-electron chi connectivity index (χ3n) is 2.05. The molecule has 0 aliphatic rings. The van der Waals surface area contributed by atoms with E-state index in [1.165, 1.54) is 13.2 Å². The lowest BCUT2D eigenvalue weighted by Gasteiger charge is -2.07. The van der Waals surface area contributed by atoms with Crippen LogP contribution in [-0.4, -0.2) is 34.2 Å². The number of rotatable bonds is 4. The Labute approximate surface area is 91.5 Å². The molecule has 0 amide bonds. The molecule has 2 N–H and O–H groups in total. The van der Waals surface area contributed by atoms with Crippen LogP contribution in [-0.2, 0) is 11.3 Å². The average molecular weight is 225 g/mol. The van der Waals surface area contributed by atoms with Crippen LogP contribution in [0.1, 0.15) is 32.1 Å². The van der Waals surface area contributed by atoms with Gasteiger partial charge in [0.2, 0.25) is 0 Å². The summed E-state index contributed by atoms with van der Waals surface area (Å²) in [6.07, 6.45) is 0. The van der Waals surface area contributed by atoms with Crippen LogP contribution in [0.15, 0.2) is 6.07 Å². The van der Waals surface area contributed by atoms with E-state index in [-0.39, 0.29) is 12.2 Å². The van der Waals surface area contributed by atoms with Crippen LogP contribution in [0.4, 0.5) is 0 Å². The molecule has 1 aromatic heterocycles. The predicted octanol–water partition coefficient (Wildman–Crippen LogP) is 0.933. The minimum atomic E-state index is -1.36. The summed E-state index contributed by atoms with van der Waals surface area (Å²) in [5.74, 6) is -2.67. The van der Waals surface area contributed by atoms with Gasteiger partial charge in [-0.05, 0) is 18.6 Å². The summed E-state index contributed by atoms with van der Waals surface area (Å²) >= 11 is 0. The monoisotopic (exact) mass is 225 g/mol. The lowest BCUT2D eigenvalue weighted by Crippen LogP contribution is -2.13. The number of aryl methyl sites for hydroxylation is 1. The SMILES string of the molecule is COCc1cc(C(=O)O)c(C(=O)O)nc1C. The lowest BCUT2D eigenvalue weighted by molar-refractivity contribution is 0.0645. The molecule has 86 valence electrons. The Morgan fingerprint density at radius 1 is 1.38 bits per heavy atom. The molecule has 0 atom stereocenters. The van der Waals surface area contributed by atoms with Gasteiger partial charge < -0.3 is 14.9 Å². The fraction of sp³-hybridized carbons (Fsp3) is 0.300. The second kappa shape index (κ2) is 4.71. The third-order valence-corrected chi connectivity index (χ3v) is 2.05. The number of aromatic nitrogens is 1. The number of ether oxygens (including phenoxy) is 1. The zero-order valence-electron chi connectivity index (χ0n) is 8.85. The topological polar surface area (TPSA) is 96.7 Å². The number of hydrogen-bond acceptors (Lipinski definition) is 4. The quantitative estimate of drug-likeness (QED) is 0.791. The lowest BCUT2D eigenvalue weighted by atomic mass is 10.1. The van der Waals surface area contributed by atoms with E-state index in [0.717, 1.165) is 0 Å². The summed E-state index contributed by atoms with van der Waals surface area (Å²) in [7, 11) is 1.46. The van der Waals surface area contributed by atoms with Crippen molar-refractivity contribution < 1.29 is 24.5 Å². The van der Waals surface area contributed by atoms with Gasteiger partial charge in [0.05, 0.1) is 12.2 Å². The van der Waals surface area contributed by atoms with Crippen LogP contribution in [0.25, 0.3) is 0 Å². The Hall–Kier alpha value is -1.95. The zero-order valence-corrected chi connectivity index (χ0v) is 8.85. The van der Waals surface area contributed by atoms with E-state index in [9.17, 15) is 9.59 Å². The van der Waals surface area contributed by atoms with Crippen molar-refractivity contribution in [3.8, 4) is 0 Å². The number of nitrogens with zero attached hydrogens (tertiary/aromatic N) is 1. The largest absolute Gasteiger partial charge is 0.478 e. The smallest absolute Gasteiger partial charge is 0.355 e. The van der Waals surface area contributed by atoms with E-state index in [1.807, 2.05) is 0 Å². The molecule has 0 bridgehead atoms. The summed E-state index contributed by atoms with van der Waals surface area (Å²) in [5, 5.41) is 17.7. The van der Waals surface area contributed by atoms with Gasteiger partial charge in [-0.15, -0.1) is 0 Å². The minimum absolute atomic E-state index is 0.193. The summed E-state index contributed by atoms with van der Waals surface area (Å²) in [5.41, 5.74) is 0.226. The van der Waals surface area contributed by atoms with Crippen LogP contribution in [0, 0.1) is 6.92 Å². The van der Waals surface area contributed by atoms with E-state index in [2.05, 4.69) is 4.98 Å². The molecule has 1 rings (SSSR count).